The molecule has 0 radical (unpaired) electrons. The zero-order chi connectivity index (χ0) is 10.9. The summed E-state index contributed by atoms with van der Waals surface area (Å²) in [5.74, 6) is 3.90. The number of rotatable bonds is 0. The lowest BCUT2D eigenvalue weighted by Crippen LogP contribution is -2.40. The average molecular weight is 197 g/mol. The molecule has 0 bridgehead atoms. The summed E-state index contributed by atoms with van der Waals surface area (Å²) >= 11 is 0. The molecule has 14 heavy (non-hydrogen) atoms. The summed E-state index contributed by atoms with van der Waals surface area (Å²) < 4.78 is 0. The fraction of sp³-hybridized carbons (Fsp3) is 1.00. The Kier molecular flexibility index (Phi) is 4.00. The third-order valence-electron chi connectivity index (χ3n) is 4.60. The summed E-state index contributed by atoms with van der Waals surface area (Å²) in [6.07, 6.45) is 2.61. The molecule has 1 aliphatic carbocycles. The van der Waals surface area contributed by atoms with Crippen LogP contribution < -0.4 is 5.73 Å². The van der Waals surface area contributed by atoms with Crippen molar-refractivity contribution in [3.05, 3.63) is 0 Å². The van der Waals surface area contributed by atoms with Crippen molar-refractivity contribution in [3.63, 3.8) is 0 Å². The predicted molar refractivity (Wildman–Crippen MR) is 63.0 cm³/mol. The molecule has 0 aromatic rings. The third-order valence-corrected chi connectivity index (χ3v) is 4.60. The molecular weight excluding hydrogens is 170 g/mol. The summed E-state index contributed by atoms with van der Waals surface area (Å²) in [5, 5.41) is 0. The molecule has 2 N–H and O–H groups in total. The lowest BCUT2D eigenvalue weighted by Gasteiger charge is -2.38. The zero-order valence-corrected chi connectivity index (χ0v) is 10.5. The Balaban J connectivity index is 2.71. The molecule has 1 heteroatoms. The normalized spacial score (nSPS) is 51.0. The molecule has 0 saturated heterocycles. The Hall–Kier alpha value is -0.0400. The lowest BCUT2D eigenvalue weighted by molar-refractivity contribution is 0.147. The minimum absolute atomic E-state index is 0.410. The molecule has 1 rings (SSSR count). The second kappa shape index (κ2) is 4.65. The van der Waals surface area contributed by atoms with Crippen LogP contribution in [-0.2, 0) is 0 Å². The van der Waals surface area contributed by atoms with Crippen molar-refractivity contribution >= 4 is 0 Å². The van der Waals surface area contributed by atoms with E-state index < -0.39 is 0 Å². The van der Waals surface area contributed by atoms with E-state index in [4.69, 9.17) is 5.73 Å². The maximum atomic E-state index is 6.26. The molecular formula is C13H27N. The number of hydrogen-bond acceptors (Lipinski definition) is 1. The Labute approximate surface area is 89.5 Å². The first kappa shape index (κ1) is 12.0. The van der Waals surface area contributed by atoms with E-state index in [2.05, 4.69) is 34.6 Å². The van der Waals surface area contributed by atoms with Gasteiger partial charge in [0.05, 0.1) is 0 Å². The average Bonchev–Trinajstić information content (AvgIpc) is 2.13. The molecule has 0 spiro atoms. The van der Waals surface area contributed by atoms with Crippen molar-refractivity contribution in [1.29, 1.82) is 0 Å². The Morgan fingerprint density at radius 3 is 1.43 bits per heavy atom. The van der Waals surface area contributed by atoms with Crippen molar-refractivity contribution in [2.24, 2.45) is 35.3 Å². The minimum atomic E-state index is 0.410. The van der Waals surface area contributed by atoms with E-state index in [1.165, 1.54) is 12.8 Å². The molecule has 0 aromatic heterocycles. The Bertz CT molecular complexity index is 142. The molecule has 0 heterocycles. The van der Waals surface area contributed by atoms with Gasteiger partial charge in [0.2, 0.25) is 0 Å². The first-order valence-corrected chi connectivity index (χ1v) is 6.19. The van der Waals surface area contributed by atoms with Crippen molar-refractivity contribution < 1.29 is 0 Å². The second-order valence-corrected chi connectivity index (χ2v) is 5.82. The van der Waals surface area contributed by atoms with Crippen LogP contribution in [0.15, 0.2) is 0 Å². The van der Waals surface area contributed by atoms with Gasteiger partial charge in [0.1, 0.15) is 0 Å². The van der Waals surface area contributed by atoms with Crippen LogP contribution in [0.3, 0.4) is 0 Å². The van der Waals surface area contributed by atoms with Crippen molar-refractivity contribution in [1.82, 2.24) is 0 Å². The summed E-state index contributed by atoms with van der Waals surface area (Å²) in [5.41, 5.74) is 6.26. The van der Waals surface area contributed by atoms with Gasteiger partial charge in [-0.3, -0.25) is 0 Å². The molecule has 0 aliphatic heterocycles. The van der Waals surface area contributed by atoms with Gasteiger partial charge in [-0.2, -0.15) is 0 Å². The first-order chi connectivity index (χ1) is 6.43. The van der Waals surface area contributed by atoms with E-state index in [0.29, 0.717) is 17.9 Å². The van der Waals surface area contributed by atoms with Gasteiger partial charge in [-0.15, -0.1) is 0 Å². The van der Waals surface area contributed by atoms with Crippen molar-refractivity contribution in [2.45, 2.75) is 53.5 Å². The van der Waals surface area contributed by atoms with E-state index in [1.54, 1.807) is 0 Å². The lowest BCUT2D eigenvalue weighted by atomic mass is 9.70. The van der Waals surface area contributed by atoms with Gasteiger partial charge in [0.25, 0.3) is 0 Å². The van der Waals surface area contributed by atoms with Crippen LogP contribution in [0.1, 0.15) is 47.5 Å². The molecule has 4 unspecified atom stereocenters. The highest BCUT2D eigenvalue weighted by Crippen LogP contribution is 2.35. The first-order valence-electron chi connectivity index (χ1n) is 6.19. The predicted octanol–water partition coefficient (Wildman–Crippen LogP) is 3.29. The molecule has 84 valence electrons. The summed E-state index contributed by atoms with van der Waals surface area (Å²) in [6, 6.07) is 0.410. The Morgan fingerprint density at radius 2 is 1.07 bits per heavy atom. The van der Waals surface area contributed by atoms with Crippen molar-refractivity contribution in [2.75, 3.05) is 0 Å². The highest BCUT2D eigenvalue weighted by atomic mass is 14.7. The van der Waals surface area contributed by atoms with E-state index in [-0.39, 0.29) is 0 Å². The topological polar surface area (TPSA) is 26.0 Å². The molecule has 0 amide bonds. The van der Waals surface area contributed by atoms with E-state index in [1.807, 2.05) is 0 Å². The van der Waals surface area contributed by atoms with E-state index in [9.17, 15) is 0 Å². The summed E-state index contributed by atoms with van der Waals surface area (Å²) in [6.45, 7) is 11.8. The van der Waals surface area contributed by atoms with Gasteiger partial charge in [0.15, 0.2) is 0 Å². The van der Waals surface area contributed by atoms with Crippen LogP contribution in [0.5, 0.6) is 0 Å². The smallest absolute Gasteiger partial charge is 0.00905 e. The van der Waals surface area contributed by atoms with Gasteiger partial charge in [-0.1, -0.05) is 34.6 Å². The van der Waals surface area contributed by atoms with Gasteiger partial charge in [-0.25, -0.2) is 0 Å². The van der Waals surface area contributed by atoms with E-state index >= 15 is 0 Å². The highest BCUT2D eigenvalue weighted by molar-refractivity contribution is 4.84. The quantitative estimate of drug-likeness (QED) is 0.633. The maximum Gasteiger partial charge on any atom is 0.00905 e. The molecule has 1 nitrogen and oxygen atoms in total. The number of hydrogen-bond donors (Lipinski definition) is 1. The molecule has 0 aromatic carbocycles. The van der Waals surface area contributed by atoms with Crippen LogP contribution in [0.4, 0.5) is 0 Å². The SMILES string of the molecule is CC1CC(C)C(N)C(C)CC(C)C1C. The van der Waals surface area contributed by atoms with E-state index in [0.717, 1.165) is 17.8 Å². The van der Waals surface area contributed by atoms with Gasteiger partial charge >= 0.3 is 0 Å². The van der Waals surface area contributed by atoms with Gasteiger partial charge in [0, 0.05) is 6.04 Å². The minimum Gasteiger partial charge on any atom is -0.327 e. The van der Waals surface area contributed by atoms with Crippen LogP contribution in [0, 0.1) is 29.6 Å². The molecule has 4 atom stereocenters. The van der Waals surface area contributed by atoms with Crippen LogP contribution in [0.2, 0.25) is 0 Å². The summed E-state index contributed by atoms with van der Waals surface area (Å²) in [4.78, 5) is 0. The fourth-order valence-corrected chi connectivity index (χ4v) is 3.04. The zero-order valence-electron chi connectivity index (χ0n) is 10.5. The Morgan fingerprint density at radius 1 is 0.714 bits per heavy atom. The largest absolute Gasteiger partial charge is 0.327 e. The van der Waals surface area contributed by atoms with Crippen molar-refractivity contribution in [3.8, 4) is 0 Å². The van der Waals surface area contributed by atoms with Crippen LogP contribution in [0.25, 0.3) is 0 Å². The highest BCUT2D eigenvalue weighted by Gasteiger charge is 2.30. The second-order valence-electron chi connectivity index (χ2n) is 5.82. The van der Waals surface area contributed by atoms with Gasteiger partial charge < -0.3 is 5.73 Å². The molecule has 1 aliphatic rings. The summed E-state index contributed by atoms with van der Waals surface area (Å²) in [7, 11) is 0. The number of nitrogens with two attached hydrogens (primary N) is 1. The third kappa shape index (κ3) is 2.50. The fourth-order valence-electron chi connectivity index (χ4n) is 3.04. The standard InChI is InChI=1S/C13H27N/c1-8-6-10(3)13(14)11(4)7-9(2)12(8)5/h8-13H,6-7,14H2,1-5H3. The molecule has 1 fully saturated rings. The maximum absolute atomic E-state index is 6.26. The molecule has 1 saturated carbocycles. The van der Waals surface area contributed by atoms with Crippen LogP contribution >= 0.6 is 0 Å². The monoisotopic (exact) mass is 197 g/mol. The van der Waals surface area contributed by atoms with Crippen LogP contribution in [-0.4, -0.2) is 6.04 Å². The van der Waals surface area contributed by atoms with Gasteiger partial charge in [-0.05, 0) is 42.4 Å².